The van der Waals surface area contributed by atoms with Crippen molar-refractivity contribution in [2.45, 2.75) is 26.7 Å². The van der Waals surface area contributed by atoms with Gasteiger partial charge in [0.1, 0.15) is 5.82 Å². The number of aryl methyl sites for hydroxylation is 2. The van der Waals surface area contributed by atoms with Crippen molar-refractivity contribution in [1.29, 1.82) is 0 Å². The molecule has 1 aromatic heterocycles. The number of H-pyrrole nitrogens is 1. The average Bonchev–Trinajstić information content (AvgIpc) is 2.83. The van der Waals surface area contributed by atoms with Crippen LogP contribution in [0.25, 0.3) is 22.2 Å². The van der Waals surface area contributed by atoms with E-state index in [2.05, 4.69) is 60.2 Å². The summed E-state index contributed by atoms with van der Waals surface area (Å²) in [7, 11) is 0. The lowest BCUT2D eigenvalue weighted by atomic mass is 10.0. The van der Waals surface area contributed by atoms with Crippen LogP contribution in [0.15, 0.2) is 42.5 Å². The van der Waals surface area contributed by atoms with Gasteiger partial charge in [0.15, 0.2) is 0 Å². The van der Waals surface area contributed by atoms with Gasteiger partial charge >= 0.3 is 0 Å². The molecule has 2 nitrogen and oxygen atoms in total. The summed E-state index contributed by atoms with van der Waals surface area (Å²) in [5, 5.41) is 0. The van der Waals surface area contributed by atoms with Crippen molar-refractivity contribution < 1.29 is 0 Å². The van der Waals surface area contributed by atoms with Gasteiger partial charge in [-0.3, -0.25) is 0 Å². The first kappa shape index (κ1) is 12.0. The van der Waals surface area contributed by atoms with E-state index in [4.69, 9.17) is 0 Å². The maximum atomic E-state index is 4.68. The zero-order chi connectivity index (χ0) is 13.2. The average molecular weight is 250 g/mol. The first-order valence-corrected chi connectivity index (χ1v) is 6.82. The zero-order valence-corrected chi connectivity index (χ0v) is 11.4. The molecule has 0 atom stereocenters. The minimum absolute atomic E-state index is 1.01. The Kier molecular flexibility index (Phi) is 3.08. The lowest BCUT2D eigenvalue weighted by Gasteiger charge is -2.03. The molecule has 0 saturated carbocycles. The van der Waals surface area contributed by atoms with Crippen LogP contribution in [0.4, 0.5) is 0 Å². The molecule has 0 aliphatic carbocycles. The minimum atomic E-state index is 1.01. The molecule has 3 aromatic rings. The van der Waals surface area contributed by atoms with Crippen molar-refractivity contribution in [3.63, 3.8) is 0 Å². The fourth-order valence-electron chi connectivity index (χ4n) is 2.49. The lowest BCUT2D eigenvalue weighted by Crippen LogP contribution is -1.84. The van der Waals surface area contributed by atoms with Crippen molar-refractivity contribution in [2.75, 3.05) is 0 Å². The van der Waals surface area contributed by atoms with Gasteiger partial charge in [-0.05, 0) is 42.2 Å². The van der Waals surface area contributed by atoms with Gasteiger partial charge < -0.3 is 4.98 Å². The number of rotatable bonds is 3. The standard InChI is InChI=1S/C17H18N2/c1-3-7-16-18-15-11-14(10-12(2)17(15)19-16)13-8-5-4-6-9-13/h4-6,8-11H,3,7H2,1-2H3,(H,18,19). The number of hydrogen-bond donors (Lipinski definition) is 1. The van der Waals surface area contributed by atoms with Gasteiger partial charge in [-0.25, -0.2) is 4.98 Å². The van der Waals surface area contributed by atoms with Crippen molar-refractivity contribution >= 4 is 11.0 Å². The van der Waals surface area contributed by atoms with Gasteiger partial charge in [-0.15, -0.1) is 0 Å². The van der Waals surface area contributed by atoms with E-state index in [1.807, 2.05) is 6.07 Å². The second kappa shape index (κ2) is 4.88. The number of aromatic nitrogens is 2. The Morgan fingerprint density at radius 3 is 2.58 bits per heavy atom. The van der Waals surface area contributed by atoms with Crippen LogP contribution in [0.2, 0.25) is 0 Å². The first-order valence-electron chi connectivity index (χ1n) is 6.82. The van der Waals surface area contributed by atoms with Crippen LogP contribution in [0.1, 0.15) is 24.7 Å². The largest absolute Gasteiger partial charge is 0.342 e. The van der Waals surface area contributed by atoms with Gasteiger partial charge in [0.05, 0.1) is 11.0 Å². The van der Waals surface area contributed by atoms with E-state index in [1.54, 1.807) is 0 Å². The Morgan fingerprint density at radius 2 is 1.84 bits per heavy atom. The Labute approximate surface area is 113 Å². The van der Waals surface area contributed by atoms with E-state index in [1.165, 1.54) is 16.7 Å². The SMILES string of the molecule is CCCc1nc2c(C)cc(-c3ccccc3)cc2[nH]1. The van der Waals surface area contributed by atoms with Crippen LogP contribution < -0.4 is 0 Å². The normalized spacial score (nSPS) is 11.1. The molecular formula is C17H18N2. The molecule has 19 heavy (non-hydrogen) atoms. The summed E-state index contributed by atoms with van der Waals surface area (Å²) in [4.78, 5) is 8.12. The van der Waals surface area contributed by atoms with Gasteiger partial charge in [0.25, 0.3) is 0 Å². The topological polar surface area (TPSA) is 28.7 Å². The summed E-state index contributed by atoms with van der Waals surface area (Å²) >= 11 is 0. The fourth-order valence-corrected chi connectivity index (χ4v) is 2.49. The fraction of sp³-hybridized carbons (Fsp3) is 0.235. The van der Waals surface area contributed by atoms with E-state index in [-0.39, 0.29) is 0 Å². The van der Waals surface area contributed by atoms with Crippen LogP contribution in [-0.2, 0) is 6.42 Å². The summed E-state index contributed by atoms with van der Waals surface area (Å²) in [6.07, 6.45) is 2.12. The molecular weight excluding hydrogens is 232 g/mol. The zero-order valence-electron chi connectivity index (χ0n) is 11.4. The van der Waals surface area contributed by atoms with E-state index < -0.39 is 0 Å². The molecule has 1 heterocycles. The van der Waals surface area contributed by atoms with E-state index in [9.17, 15) is 0 Å². The van der Waals surface area contributed by atoms with Crippen molar-refractivity contribution in [3.05, 3.63) is 53.9 Å². The van der Waals surface area contributed by atoms with Crippen LogP contribution in [0, 0.1) is 6.92 Å². The quantitative estimate of drug-likeness (QED) is 0.729. The molecule has 96 valence electrons. The van der Waals surface area contributed by atoms with E-state index in [0.29, 0.717) is 0 Å². The lowest BCUT2D eigenvalue weighted by molar-refractivity contribution is 0.861. The number of nitrogens with zero attached hydrogens (tertiary/aromatic N) is 1. The van der Waals surface area contributed by atoms with Gasteiger partial charge in [-0.2, -0.15) is 0 Å². The Bertz CT molecular complexity index is 696. The van der Waals surface area contributed by atoms with Gasteiger partial charge in [0.2, 0.25) is 0 Å². The Morgan fingerprint density at radius 1 is 1.05 bits per heavy atom. The molecule has 0 saturated heterocycles. The Hall–Kier alpha value is -2.09. The highest BCUT2D eigenvalue weighted by Crippen LogP contribution is 2.26. The predicted octanol–water partition coefficient (Wildman–Crippen LogP) is 4.49. The monoisotopic (exact) mass is 250 g/mol. The molecule has 0 aliphatic rings. The molecule has 1 N–H and O–H groups in total. The maximum absolute atomic E-state index is 4.68. The predicted molar refractivity (Wildman–Crippen MR) is 80.3 cm³/mol. The molecule has 0 radical (unpaired) electrons. The molecule has 2 aromatic carbocycles. The first-order chi connectivity index (χ1) is 9.28. The molecule has 2 heteroatoms. The van der Waals surface area contributed by atoms with Crippen LogP contribution in [0.5, 0.6) is 0 Å². The number of hydrogen-bond acceptors (Lipinski definition) is 1. The summed E-state index contributed by atoms with van der Waals surface area (Å²) in [6, 6.07) is 14.9. The van der Waals surface area contributed by atoms with Crippen LogP contribution in [-0.4, -0.2) is 9.97 Å². The highest BCUT2D eigenvalue weighted by atomic mass is 14.9. The summed E-state index contributed by atoms with van der Waals surface area (Å²) in [5.74, 6) is 1.09. The molecule has 3 rings (SSSR count). The Balaban J connectivity index is 2.13. The molecule has 0 aliphatic heterocycles. The maximum Gasteiger partial charge on any atom is 0.107 e. The molecule has 0 bridgehead atoms. The van der Waals surface area contributed by atoms with E-state index >= 15 is 0 Å². The van der Waals surface area contributed by atoms with E-state index in [0.717, 1.165) is 29.7 Å². The summed E-state index contributed by atoms with van der Waals surface area (Å²) in [5.41, 5.74) is 5.97. The van der Waals surface area contributed by atoms with Gasteiger partial charge in [0, 0.05) is 6.42 Å². The van der Waals surface area contributed by atoms with Crippen molar-refractivity contribution in [3.8, 4) is 11.1 Å². The van der Waals surface area contributed by atoms with Gasteiger partial charge in [-0.1, -0.05) is 37.3 Å². The smallest absolute Gasteiger partial charge is 0.107 e. The molecule has 0 spiro atoms. The van der Waals surface area contributed by atoms with Crippen molar-refractivity contribution in [1.82, 2.24) is 9.97 Å². The third kappa shape index (κ3) is 2.26. The highest BCUT2D eigenvalue weighted by Gasteiger charge is 2.07. The van der Waals surface area contributed by atoms with Crippen molar-refractivity contribution in [2.24, 2.45) is 0 Å². The number of aromatic amines is 1. The second-order valence-electron chi connectivity index (χ2n) is 4.99. The van der Waals surface area contributed by atoms with Crippen LogP contribution in [0.3, 0.4) is 0 Å². The molecule has 0 unspecified atom stereocenters. The summed E-state index contributed by atoms with van der Waals surface area (Å²) in [6.45, 7) is 4.31. The second-order valence-corrected chi connectivity index (χ2v) is 4.99. The summed E-state index contributed by atoms with van der Waals surface area (Å²) < 4.78 is 0. The third-order valence-electron chi connectivity index (χ3n) is 3.42. The highest BCUT2D eigenvalue weighted by molar-refractivity contribution is 5.85. The van der Waals surface area contributed by atoms with Crippen LogP contribution >= 0.6 is 0 Å². The molecule has 0 amide bonds. The third-order valence-corrected chi connectivity index (χ3v) is 3.42. The number of benzene rings is 2. The molecule has 0 fully saturated rings. The number of nitrogens with one attached hydrogen (secondary N) is 1. The number of fused-ring (bicyclic) bond motifs is 1. The minimum Gasteiger partial charge on any atom is -0.342 e. The number of imidazole rings is 1.